The van der Waals surface area contributed by atoms with E-state index in [0.29, 0.717) is 11.8 Å². The Kier molecular flexibility index (Phi) is 3.01. The van der Waals surface area contributed by atoms with Crippen LogP contribution in [0.25, 0.3) is 0 Å². The molecule has 4 saturated carbocycles. The predicted molar refractivity (Wildman–Crippen MR) is 72.6 cm³/mol. The second kappa shape index (κ2) is 4.34. The van der Waals surface area contributed by atoms with Crippen molar-refractivity contribution < 1.29 is 14.3 Å². The van der Waals surface area contributed by atoms with Crippen molar-refractivity contribution >= 4 is 5.97 Å². The van der Waals surface area contributed by atoms with Gasteiger partial charge in [-0.2, -0.15) is 0 Å². The lowest BCUT2D eigenvalue weighted by atomic mass is 9.48. The summed E-state index contributed by atoms with van der Waals surface area (Å²) in [4.78, 5) is 11.6. The van der Waals surface area contributed by atoms with E-state index >= 15 is 0 Å². The fourth-order valence-corrected chi connectivity index (χ4v) is 5.02. The van der Waals surface area contributed by atoms with Crippen LogP contribution in [0.4, 0.5) is 0 Å². The molecule has 4 rings (SSSR count). The highest BCUT2D eigenvalue weighted by molar-refractivity contribution is 5.81. The lowest BCUT2D eigenvalue weighted by molar-refractivity contribution is -0.244. The fraction of sp³-hybridized carbons (Fsp3) is 0.812. The molecule has 0 N–H and O–H groups in total. The molecule has 0 amide bonds. The smallest absolute Gasteiger partial charge is 0.330 e. The van der Waals surface area contributed by atoms with Crippen molar-refractivity contribution in [2.24, 2.45) is 17.8 Å². The van der Waals surface area contributed by atoms with Gasteiger partial charge in [0.05, 0.1) is 5.60 Å². The summed E-state index contributed by atoms with van der Waals surface area (Å²) in [5.41, 5.74) is -0.228. The molecule has 4 aliphatic rings. The molecule has 0 spiro atoms. The second-order valence-electron chi connectivity index (χ2n) is 6.77. The quantitative estimate of drug-likeness (QED) is 0.578. The Labute approximate surface area is 115 Å². The first-order valence-electron chi connectivity index (χ1n) is 7.50. The van der Waals surface area contributed by atoms with E-state index < -0.39 is 0 Å². The Bertz CT molecular complexity index is 385. The van der Waals surface area contributed by atoms with Crippen molar-refractivity contribution in [3.63, 3.8) is 0 Å². The van der Waals surface area contributed by atoms with Gasteiger partial charge in [0, 0.05) is 24.5 Å². The third kappa shape index (κ3) is 1.94. The zero-order valence-electron chi connectivity index (χ0n) is 12.0. The Morgan fingerprint density at radius 1 is 1.32 bits per heavy atom. The van der Waals surface area contributed by atoms with Crippen LogP contribution >= 0.6 is 0 Å². The predicted octanol–water partition coefficient (Wildman–Crippen LogP) is 3.09. The fourth-order valence-electron chi connectivity index (χ4n) is 5.02. The highest BCUT2D eigenvalue weighted by atomic mass is 16.6. The van der Waals surface area contributed by atoms with Gasteiger partial charge >= 0.3 is 5.97 Å². The van der Waals surface area contributed by atoms with Gasteiger partial charge in [-0.3, -0.25) is 0 Å². The SMILES string of the molecule is C=CC(=O)OC1(C)C2CC3CC1CC(OCC)(C3)C2. The van der Waals surface area contributed by atoms with Crippen LogP contribution in [0.15, 0.2) is 12.7 Å². The molecule has 2 unspecified atom stereocenters. The molecule has 106 valence electrons. The van der Waals surface area contributed by atoms with Gasteiger partial charge in [-0.05, 0) is 51.9 Å². The minimum atomic E-state index is -0.303. The Morgan fingerprint density at radius 3 is 2.47 bits per heavy atom. The summed E-state index contributed by atoms with van der Waals surface area (Å²) in [5, 5.41) is 0. The summed E-state index contributed by atoms with van der Waals surface area (Å²) in [5.74, 6) is 1.39. The molecule has 0 saturated heterocycles. The molecule has 0 radical (unpaired) electrons. The highest BCUT2D eigenvalue weighted by Gasteiger charge is 2.62. The van der Waals surface area contributed by atoms with Crippen molar-refractivity contribution in [2.45, 2.75) is 57.2 Å². The van der Waals surface area contributed by atoms with Gasteiger partial charge in [0.15, 0.2) is 0 Å². The Hall–Kier alpha value is -0.830. The van der Waals surface area contributed by atoms with Gasteiger partial charge in [0.2, 0.25) is 0 Å². The van der Waals surface area contributed by atoms with Crippen LogP contribution in [-0.4, -0.2) is 23.8 Å². The molecule has 2 atom stereocenters. The largest absolute Gasteiger partial charge is 0.456 e. The van der Waals surface area contributed by atoms with E-state index in [1.54, 1.807) is 0 Å². The molecule has 0 heterocycles. The molecule has 4 fully saturated rings. The normalized spacial score (nSPS) is 47.2. The number of esters is 1. The molecule has 3 heteroatoms. The first kappa shape index (κ1) is 13.2. The molecule has 0 aliphatic heterocycles. The molecule has 4 bridgehead atoms. The summed E-state index contributed by atoms with van der Waals surface area (Å²) in [6.07, 6.45) is 6.97. The van der Waals surface area contributed by atoms with Crippen molar-refractivity contribution in [1.82, 2.24) is 0 Å². The molecular formula is C16H24O3. The van der Waals surface area contributed by atoms with Gasteiger partial charge in [-0.15, -0.1) is 0 Å². The third-order valence-electron chi connectivity index (χ3n) is 5.69. The maximum absolute atomic E-state index is 11.6. The zero-order chi connectivity index (χ0) is 13.7. The molecule has 0 aromatic heterocycles. The van der Waals surface area contributed by atoms with Crippen molar-refractivity contribution in [1.29, 1.82) is 0 Å². The number of carbonyl (C=O) groups excluding carboxylic acids is 1. The van der Waals surface area contributed by atoms with Crippen LogP contribution in [0.2, 0.25) is 0 Å². The Balaban J connectivity index is 1.85. The highest BCUT2D eigenvalue weighted by Crippen LogP contribution is 2.62. The minimum Gasteiger partial charge on any atom is -0.456 e. The third-order valence-corrected chi connectivity index (χ3v) is 5.69. The first-order valence-corrected chi connectivity index (χ1v) is 7.50. The van der Waals surface area contributed by atoms with Gasteiger partial charge in [-0.25, -0.2) is 4.79 Å². The summed E-state index contributed by atoms with van der Waals surface area (Å²) in [7, 11) is 0. The standard InChI is InChI=1S/C16H24O3/c1-4-14(17)19-15(3)12-6-11-7-13(15)10-16(8-11,9-12)18-5-2/h4,11-13H,1,5-10H2,2-3H3. The lowest BCUT2D eigenvalue weighted by Gasteiger charge is -2.63. The monoisotopic (exact) mass is 264 g/mol. The molecular weight excluding hydrogens is 240 g/mol. The maximum Gasteiger partial charge on any atom is 0.330 e. The van der Waals surface area contributed by atoms with Crippen LogP contribution in [0.5, 0.6) is 0 Å². The van der Waals surface area contributed by atoms with E-state index in [1.807, 2.05) is 0 Å². The number of ether oxygens (including phenoxy) is 2. The van der Waals surface area contributed by atoms with E-state index in [-0.39, 0.29) is 17.2 Å². The summed E-state index contributed by atoms with van der Waals surface area (Å²) in [6.45, 7) is 8.51. The number of hydrogen-bond donors (Lipinski definition) is 0. The Morgan fingerprint density at radius 2 is 1.95 bits per heavy atom. The molecule has 19 heavy (non-hydrogen) atoms. The average Bonchev–Trinajstić information content (AvgIpc) is 2.35. The topological polar surface area (TPSA) is 35.5 Å². The summed E-state index contributed by atoms with van der Waals surface area (Å²) >= 11 is 0. The second-order valence-corrected chi connectivity index (χ2v) is 6.77. The van der Waals surface area contributed by atoms with Crippen LogP contribution in [0.1, 0.15) is 46.0 Å². The van der Waals surface area contributed by atoms with Crippen LogP contribution in [0, 0.1) is 17.8 Å². The number of rotatable bonds is 4. The van der Waals surface area contributed by atoms with Crippen LogP contribution in [-0.2, 0) is 14.3 Å². The van der Waals surface area contributed by atoms with Crippen LogP contribution < -0.4 is 0 Å². The molecule has 3 nitrogen and oxygen atoms in total. The molecule has 0 aromatic carbocycles. The van der Waals surface area contributed by atoms with E-state index in [1.165, 1.54) is 25.3 Å². The first-order chi connectivity index (χ1) is 9.01. The lowest BCUT2D eigenvalue weighted by Crippen LogP contribution is -2.64. The maximum atomic E-state index is 11.6. The molecule has 4 aliphatic carbocycles. The number of carbonyl (C=O) groups is 1. The number of hydrogen-bond acceptors (Lipinski definition) is 3. The summed E-state index contributed by atoms with van der Waals surface area (Å²) < 4.78 is 11.9. The summed E-state index contributed by atoms with van der Waals surface area (Å²) in [6, 6.07) is 0. The van der Waals surface area contributed by atoms with E-state index in [4.69, 9.17) is 9.47 Å². The van der Waals surface area contributed by atoms with Gasteiger partial charge in [0.1, 0.15) is 5.60 Å². The van der Waals surface area contributed by atoms with Crippen LogP contribution in [0.3, 0.4) is 0 Å². The van der Waals surface area contributed by atoms with Gasteiger partial charge in [-0.1, -0.05) is 6.58 Å². The van der Waals surface area contributed by atoms with Gasteiger partial charge in [0.25, 0.3) is 0 Å². The van der Waals surface area contributed by atoms with E-state index in [2.05, 4.69) is 20.4 Å². The molecule has 0 aromatic rings. The van der Waals surface area contributed by atoms with Crippen molar-refractivity contribution in [3.8, 4) is 0 Å². The van der Waals surface area contributed by atoms with E-state index in [9.17, 15) is 4.79 Å². The zero-order valence-corrected chi connectivity index (χ0v) is 12.0. The van der Waals surface area contributed by atoms with E-state index in [0.717, 1.165) is 25.4 Å². The van der Waals surface area contributed by atoms with Gasteiger partial charge < -0.3 is 9.47 Å². The minimum absolute atomic E-state index is 0.0747. The van der Waals surface area contributed by atoms with Crippen molar-refractivity contribution in [2.75, 3.05) is 6.61 Å². The average molecular weight is 264 g/mol. The van der Waals surface area contributed by atoms with Crippen molar-refractivity contribution in [3.05, 3.63) is 12.7 Å².